The van der Waals surface area contributed by atoms with Gasteiger partial charge in [-0.25, -0.2) is 4.98 Å². The molecule has 1 aliphatic carbocycles. The lowest BCUT2D eigenvalue weighted by Crippen LogP contribution is -2.30. The van der Waals surface area contributed by atoms with Crippen LogP contribution in [0.1, 0.15) is 32.5 Å². The molecule has 2 nitrogen and oxygen atoms in total. The van der Waals surface area contributed by atoms with E-state index in [2.05, 4.69) is 29.5 Å². The minimum absolute atomic E-state index is 0.0592. The molecule has 2 aromatic rings. The maximum absolute atomic E-state index is 6.23. The fraction of sp³-hybridized carbons (Fsp3) is 0.500. The van der Waals surface area contributed by atoms with Crippen molar-refractivity contribution in [1.82, 2.24) is 9.55 Å². The number of para-hydroxylation sites is 1. The highest BCUT2D eigenvalue weighted by Gasteiger charge is 2.41. The predicted octanol–water partition coefficient (Wildman–Crippen LogP) is 4.57. The van der Waals surface area contributed by atoms with Gasteiger partial charge in [0.2, 0.25) is 0 Å². The summed E-state index contributed by atoms with van der Waals surface area (Å²) in [6.45, 7) is 4.53. The van der Waals surface area contributed by atoms with Crippen molar-refractivity contribution in [3.8, 4) is 0 Å². The summed E-state index contributed by atoms with van der Waals surface area (Å²) in [5.74, 6) is 2.05. The van der Waals surface area contributed by atoms with Crippen LogP contribution in [0.15, 0.2) is 18.2 Å². The zero-order valence-electron chi connectivity index (χ0n) is 10.6. The Morgan fingerprint density at radius 1 is 1.39 bits per heavy atom. The highest BCUT2D eigenvalue weighted by Crippen LogP contribution is 2.46. The van der Waals surface area contributed by atoms with E-state index in [-0.39, 0.29) is 5.54 Å². The van der Waals surface area contributed by atoms with E-state index < -0.39 is 0 Å². The molecule has 18 heavy (non-hydrogen) atoms. The second-order valence-electron chi connectivity index (χ2n) is 5.53. The lowest BCUT2D eigenvalue weighted by molar-refractivity contribution is 0.306. The summed E-state index contributed by atoms with van der Waals surface area (Å²) in [4.78, 5) is 4.61. The van der Waals surface area contributed by atoms with Crippen molar-refractivity contribution in [2.45, 2.75) is 38.1 Å². The Morgan fingerprint density at radius 3 is 2.72 bits per heavy atom. The largest absolute Gasteiger partial charge is 0.321 e. The van der Waals surface area contributed by atoms with E-state index in [0.29, 0.717) is 10.9 Å². The van der Waals surface area contributed by atoms with Crippen molar-refractivity contribution in [1.29, 1.82) is 0 Å². The normalized spacial score (nSPS) is 16.4. The summed E-state index contributed by atoms with van der Waals surface area (Å²) < 4.78 is 2.28. The van der Waals surface area contributed by atoms with E-state index in [1.807, 2.05) is 12.1 Å². The predicted molar refractivity (Wildman–Crippen MR) is 76.3 cm³/mol. The lowest BCUT2D eigenvalue weighted by Gasteiger charge is -2.29. The first-order valence-electron chi connectivity index (χ1n) is 6.28. The molecule has 0 bridgehead atoms. The molecule has 1 saturated carbocycles. The molecule has 0 atom stereocenters. The van der Waals surface area contributed by atoms with Crippen LogP contribution in [0.3, 0.4) is 0 Å². The summed E-state index contributed by atoms with van der Waals surface area (Å²) in [5, 5.41) is 0.698. The zero-order chi connectivity index (χ0) is 12.9. The summed E-state index contributed by atoms with van der Waals surface area (Å²) in [5.41, 5.74) is 2.02. The Hall–Kier alpha value is -0.730. The van der Waals surface area contributed by atoms with Gasteiger partial charge in [0.15, 0.2) is 0 Å². The minimum Gasteiger partial charge on any atom is -0.321 e. The van der Waals surface area contributed by atoms with Crippen molar-refractivity contribution in [3.63, 3.8) is 0 Å². The number of fused-ring (bicyclic) bond motifs is 1. The Bertz CT molecular complexity index is 597. The molecule has 1 fully saturated rings. The quantitative estimate of drug-likeness (QED) is 0.754. The molecular formula is C14H16Cl2N2. The first-order valence-corrected chi connectivity index (χ1v) is 7.19. The van der Waals surface area contributed by atoms with Gasteiger partial charge in [-0.05, 0) is 44.7 Å². The van der Waals surface area contributed by atoms with E-state index >= 15 is 0 Å². The van der Waals surface area contributed by atoms with Gasteiger partial charge >= 0.3 is 0 Å². The molecule has 0 unspecified atom stereocenters. The van der Waals surface area contributed by atoms with Crippen molar-refractivity contribution in [3.05, 3.63) is 29.0 Å². The van der Waals surface area contributed by atoms with E-state index in [1.165, 1.54) is 12.8 Å². The third-order valence-electron chi connectivity index (χ3n) is 3.98. The zero-order valence-corrected chi connectivity index (χ0v) is 12.1. The van der Waals surface area contributed by atoms with Crippen LogP contribution in [0.5, 0.6) is 0 Å². The number of rotatable bonds is 3. The summed E-state index contributed by atoms with van der Waals surface area (Å²) >= 11 is 12.3. The van der Waals surface area contributed by atoms with Crippen molar-refractivity contribution >= 4 is 34.2 Å². The summed E-state index contributed by atoms with van der Waals surface area (Å²) in [6, 6.07) is 5.93. The first-order chi connectivity index (χ1) is 8.55. The minimum atomic E-state index is 0.0592. The number of alkyl halides is 1. The fourth-order valence-electron chi connectivity index (χ4n) is 2.82. The smallest absolute Gasteiger partial charge is 0.125 e. The molecule has 1 aliphatic rings. The second-order valence-corrected chi connectivity index (χ2v) is 6.21. The van der Waals surface area contributed by atoms with Gasteiger partial charge in [-0.1, -0.05) is 17.7 Å². The van der Waals surface area contributed by atoms with E-state index in [9.17, 15) is 0 Å². The molecule has 0 N–H and O–H groups in total. The molecule has 3 rings (SSSR count). The Kier molecular flexibility index (Phi) is 2.83. The van der Waals surface area contributed by atoms with Crippen LogP contribution in [0, 0.1) is 5.92 Å². The first kappa shape index (κ1) is 12.3. The van der Waals surface area contributed by atoms with Gasteiger partial charge in [-0.2, -0.15) is 0 Å². The van der Waals surface area contributed by atoms with Gasteiger partial charge in [0.25, 0.3) is 0 Å². The molecule has 0 radical (unpaired) electrons. The highest BCUT2D eigenvalue weighted by molar-refractivity contribution is 6.35. The van der Waals surface area contributed by atoms with Crippen molar-refractivity contribution in [2.24, 2.45) is 5.92 Å². The van der Waals surface area contributed by atoms with Crippen LogP contribution in [0.4, 0.5) is 0 Å². The van der Waals surface area contributed by atoms with Gasteiger partial charge in [-0.3, -0.25) is 0 Å². The average molecular weight is 283 g/mol. The number of halogens is 2. The summed E-state index contributed by atoms with van der Waals surface area (Å²) in [7, 11) is 0. The molecule has 4 heteroatoms. The number of hydrogen-bond acceptors (Lipinski definition) is 1. The Morgan fingerprint density at radius 2 is 2.11 bits per heavy atom. The maximum atomic E-state index is 6.23. The number of hydrogen-bond donors (Lipinski definition) is 0. The van der Waals surface area contributed by atoms with Crippen LogP contribution in [0.25, 0.3) is 11.0 Å². The second kappa shape index (κ2) is 4.14. The maximum Gasteiger partial charge on any atom is 0.125 e. The number of nitrogens with zero attached hydrogens (tertiary/aromatic N) is 2. The average Bonchev–Trinajstić information content (AvgIpc) is 3.10. The molecule has 96 valence electrons. The van der Waals surface area contributed by atoms with Gasteiger partial charge in [0.05, 0.1) is 16.4 Å². The van der Waals surface area contributed by atoms with Crippen LogP contribution < -0.4 is 0 Å². The van der Waals surface area contributed by atoms with Crippen molar-refractivity contribution in [2.75, 3.05) is 0 Å². The van der Waals surface area contributed by atoms with Crippen LogP contribution in [0.2, 0.25) is 5.02 Å². The van der Waals surface area contributed by atoms with Crippen LogP contribution in [-0.2, 0) is 11.4 Å². The van der Waals surface area contributed by atoms with E-state index in [1.54, 1.807) is 0 Å². The summed E-state index contributed by atoms with van der Waals surface area (Å²) in [6.07, 6.45) is 2.57. The number of imidazole rings is 1. The Balaban J connectivity index is 2.29. The molecular weight excluding hydrogens is 267 g/mol. The molecule has 0 aliphatic heterocycles. The highest BCUT2D eigenvalue weighted by atomic mass is 35.5. The van der Waals surface area contributed by atoms with Gasteiger partial charge in [-0.15, -0.1) is 11.6 Å². The molecule has 1 aromatic heterocycles. The van der Waals surface area contributed by atoms with Crippen molar-refractivity contribution < 1.29 is 0 Å². The van der Waals surface area contributed by atoms with E-state index in [4.69, 9.17) is 23.2 Å². The topological polar surface area (TPSA) is 17.8 Å². The molecule has 0 amide bonds. The monoisotopic (exact) mass is 282 g/mol. The molecule has 0 saturated heterocycles. The fourth-order valence-corrected chi connectivity index (χ4v) is 3.21. The lowest BCUT2D eigenvalue weighted by atomic mass is 9.97. The molecule has 1 heterocycles. The molecule has 1 aromatic carbocycles. The number of aromatic nitrogens is 2. The van der Waals surface area contributed by atoms with E-state index in [0.717, 1.165) is 22.8 Å². The number of benzene rings is 1. The third-order valence-corrected chi connectivity index (χ3v) is 4.52. The third kappa shape index (κ3) is 1.74. The Labute approximate surface area is 117 Å². The SMILES string of the molecule is CC(C)(C1CC1)n1c(CCl)nc2c(Cl)cccc21. The van der Waals surface area contributed by atoms with Crippen LogP contribution in [-0.4, -0.2) is 9.55 Å². The van der Waals surface area contributed by atoms with Gasteiger partial charge in [0, 0.05) is 5.54 Å². The van der Waals surface area contributed by atoms with Gasteiger partial charge in [0.1, 0.15) is 11.3 Å². The van der Waals surface area contributed by atoms with Crippen LogP contribution >= 0.6 is 23.2 Å². The van der Waals surface area contributed by atoms with Gasteiger partial charge < -0.3 is 4.57 Å². The molecule has 0 spiro atoms. The standard InChI is InChI=1S/C14H16Cl2N2/c1-14(2,9-6-7-9)18-11-5-3-4-10(16)13(11)17-12(18)8-15/h3-5,9H,6-8H2,1-2H3.